The lowest BCUT2D eigenvalue weighted by Gasteiger charge is -2.38. The molecule has 33 heavy (non-hydrogen) atoms. The third-order valence-electron chi connectivity index (χ3n) is 6.04. The Hall–Kier alpha value is -3.30. The number of ether oxygens (including phenoxy) is 2. The number of amides is 2. The van der Waals surface area contributed by atoms with Gasteiger partial charge in [0.1, 0.15) is 11.7 Å². The summed E-state index contributed by atoms with van der Waals surface area (Å²) in [4.78, 5) is 42.0. The van der Waals surface area contributed by atoms with Crippen molar-refractivity contribution in [3.05, 3.63) is 24.3 Å². The lowest BCUT2D eigenvalue weighted by molar-refractivity contribution is 0.0916. The van der Waals surface area contributed by atoms with Gasteiger partial charge < -0.3 is 29.1 Å². The van der Waals surface area contributed by atoms with Gasteiger partial charge in [-0.2, -0.15) is 0 Å². The highest BCUT2D eigenvalue weighted by Crippen LogP contribution is 2.31. The largest absolute Gasteiger partial charge is 0.450 e. The van der Waals surface area contributed by atoms with E-state index in [-0.39, 0.29) is 12.2 Å². The number of rotatable bonds is 2. The number of fused-ring (bicyclic) bond motifs is 1. The summed E-state index contributed by atoms with van der Waals surface area (Å²) in [5.74, 6) is 1.91. The predicted molar refractivity (Wildman–Crippen MR) is 126 cm³/mol. The monoisotopic (exact) mass is 456 g/mol. The van der Waals surface area contributed by atoms with Crippen LogP contribution in [-0.4, -0.2) is 109 Å². The van der Waals surface area contributed by atoms with E-state index in [2.05, 4.69) is 9.80 Å². The molecule has 3 aliphatic rings. The zero-order valence-corrected chi connectivity index (χ0v) is 19.4. The molecule has 3 heterocycles. The zero-order valence-electron chi connectivity index (χ0n) is 19.4. The fourth-order valence-corrected chi connectivity index (χ4v) is 4.24. The lowest BCUT2D eigenvalue weighted by atomic mass is 10.2. The fraction of sp³-hybridized carbons (Fsp3) is 0.565. The summed E-state index contributed by atoms with van der Waals surface area (Å²) in [6.07, 6.45) is 0.0899. The summed E-state index contributed by atoms with van der Waals surface area (Å²) in [5.41, 5.74) is 1.70. The topological polar surface area (TPSA) is 90.3 Å². The molecule has 0 aromatic heterocycles. The Morgan fingerprint density at radius 2 is 1.12 bits per heavy atom. The molecular weight excluding hydrogens is 424 g/mol. The van der Waals surface area contributed by atoms with Crippen LogP contribution in [0.15, 0.2) is 34.3 Å². The number of carbonyl (C=O) groups is 2. The molecule has 0 saturated carbocycles. The highest BCUT2D eigenvalue weighted by Gasteiger charge is 2.29. The number of piperazine rings is 2. The third kappa shape index (κ3) is 5.37. The van der Waals surface area contributed by atoms with E-state index in [1.165, 1.54) is 0 Å². The van der Waals surface area contributed by atoms with Crippen molar-refractivity contribution in [2.75, 3.05) is 65.6 Å². The highest BCUT2D eigenvalue weighted by molar-refractivity contribution is 6.06. The van der Waals surface area contributed by atoms with E-state index >= 15 is 0 Å². The normalized spacial score (nSPS) is 18.7. The second-order valence-corrected chi connectivity index (χ2v) is 8.07. The van der Waals surface area contributed by atoms with Crippen molar-refractivity contribution in [2.24, 2.45) is 9.98 Å². The standard InChI is InChI=1S/C23H32N6O4/c1-3-32-22(30)28-13-9-26(10-14-28)20-17-21(25-19-8-6-5-7-18(19)24-20)27-11-15-29(16-12-27)23(31)33-4-2/h5-8H,3-4,9-17H2,1-2H3. The van der Waals surface area contributed by atoms with Crippen LogP contribution in [0.4, 0.5) is 21.0 Å². The Balaban J connectivity index is 1.47. The van der Waals surface area contributed by atoms with Gasteiger partial charge in [0.2, 0.25) is 0 Å². The van der Waals surface area contributed by atoms with Crippen molar-refractivity contribution in [2.45, 2.75) is 20.3 Å². The minimum absolute atomic E-state index is 0.257. The van der Waals surface area contributed by atoms with E-state index in [0.717, 1.165) is 23.0 Å². The number of aliphatic imine (C=N–C) groups is 2. The quantitative estimate of drug-likeness (QED) is 0.680. The van der Waals surface area contributed by atoms with Gasteiger partial charge in [-0.15, -0.1) is 0 Å². The number of para-hydroxylation sites is 2. The SMILES string of the molecule is CCOC(=O)N1CCN(C2=Nc3ccccc3N=C(N3CCN(C(=O)OCC)CC3)C2)CC1. The van der Waals surface area contributed by atoms with Crippen molar-refractivity contribution in [3.8, 4) is 0 Å². The van der Waals surface area contributed by atoms with E-state index in [0.29, 0.717) is 72.0 Å². The van der Waals surface area contributed by atoms with Crippen molar-refractivity contribution >= 4 is 35.2 Å². The average molecular weight is 457 g/mol. The van der Waals surface area contributed by atoms with Crippen LogP contribution in [0.5, 0.6) is 0 Å². The molecular formula is C23H32N6O4. The number of benzene rings is 1. The van der Waals surface area contributed by atoms with E-state index in [4.69, 9.17) is 19.5 Å². The zero-order chi connectivity index (χ0) is 23.2. The Morgan fingerprint density at radius 1 is 0.727 bits per heavy atom. The summed E-state index contributed by atoms with van der Waals surface area (Å²) in [7, 11) is 0. The second-order valence-electron chi connectivity index (χ2n) is 8.07. The Labute approximate surface area is 194 Å². The average Bonchev–Trinajstić information content (AvgIpc) is 3.04. The van der Waals surface area contributed by atoms with Gasteiger partial charge in [-0.3, -0.25) is 0 Å². The summed E-state index contributed by atoms with van der Waals surface area (Å²) in [5, 5.41) is 0. The maximum absolute atomic E-state index is 12.1. The van der Waals surface area contributed by atoms with Gasteiger partial charge >= 0.3 is 12.2 Å². The molecule has 178 valence electrons. The number of hydrogen-bond donors (Lipinski definition) is 0. The first kappa shape index (κ1) is 22.9. The van der Waals surface area contributed by atoms with E-state index < -0.39 is 0 Å². The molecule has 0 atom stereocenters. The number of carbonyl (C=O) groups excluding carboxylic acids is 2. The van der Waals surface area contributed by atoms with Crippen LogP contribution in [0.3, 0.4) is 0 Å². The number of hydrogen-bond acceptors (Lipinski definition) is 8. The maximum atomic E-state index is 12.1. The van der Waals surface area contributed by atoms with Gasteiger partial charge in [0, 0.05) is 52.4 Å². The molecule has 0 unspecified atom stereocenters. The molecule has 3 aliphatic heterocycles. The van der Waals surface area contributed by atoms with Crippen molar-refractivity contribution < 1.29 is 19.1 Å². The first-order chi connectivity index (χ1) is 16.1. The van der Waals surface area contributed by atoms with Crippen LogP contribution in [-0.2, 0) is 9.47 Å². The maximum Gasteiger partial charge on any atom is 0.409 e. The first-order valence-corrected chi connectivity index (χ1v) is 11.7. The summed E-state index contributed by atoms with van der Waals surface area (Å²) in [6.45, 7) is 9.60. The molecule has 0 radical (unpaired) electrons. The summed E-state index contributed by atoms with van der Waals surface area (Å²) < 4.78 is 10.3. The van der Waals surface area contributed by atoms with Crippen molar-refractivity contribution in [1.82, 2.24) is 19.6 Å². The summed E-state index contributed by atoms with van der Waals surface area (Å²) in [6, 6.07) is 7.90. The van der Waals surface area contributed by atoms with Crippen LogP contribution in [0, 0.1) is 0 Å². The van der Waals surface area contributed by atoms with Crippen LogP contribution in [0.25, 0.3) is 0 Å². The molecule has 2 saturated heterocycles. The van der Waals surface area contributed by atoms with Crippen LogP contribution < -0.4 is 0 Å². The molecule has 2 amide bonds. The van der Waals surface area contributed by atoms with Crippen molar-refractivity contribution in [1.29, 1.82) is 0 Å². The lowest BCUT2D eigenvalue weighted by Crippen LogP contribution is -2.53. The van der Waals surface area contributed by atoms with Crippen LogP contribution >= 0.6 is 0 Å². The molecule has 10 nitrogen and oxygen atoms in total. The molecule has 0 N–H and O–H groups in total. The molecule has 0 spiro atoms. The van der Waals surface area contributed by atoms with Gasteiger partial charge in [0.15, 0.2) is 0 Å². The molecule has 1 aromatic carbocycles. The smallest absolute Gasteiger partial charge is 0.409 e. The van der Waals surface area contributed by atoms with Gasteiger partial charge in [-0.25, -0.2) is 19.6 Å². The molecule has 0 aliphatic carbocycles. The third-order valence-corrected chi connectivity index (χ3v) is 6.04. The molecule has 2 fully saturated rings. The Kier molecular flexibility index (Phi) is 7.31. The van der Waals surface area contributed by atoms with Gasteiger partial charge in [-0.1, -0.05) is 12.1 Å². The molecule has 1 aromatic rings. The Morgan fingerprint density at radius 3 is 1.48 bits per heavy atom. The van der Waals surface area contributed by atoms with E-state index in [1.807, 2.05) is 38.1 Å². The van der Waals surface area contributed by atoms with Crippen LogP contribution in [0.1, 0.15) is 20.3 Å². The van der Waals surface area contributed by atoms with Gasteiger partial charge in [0.25, 0.3) is 0 Å². The minimum atomic E-state index is -0.257. The second kappa shape index (κ2) is 10.5. The number of amidine groups is 2. The van der Waals surface area contributed by atoms with E-state index in [9.17, 15) is 9.59 Å². The van der Waals surface area contributed by atoms with Crippen molar-refractivity contribution in [3.63, 3.8) is 0 Å². The molecule has 0 bridgehead atoms. The predicted octanol–water partition coefficient (Wildman–Crippen LogP) is 2.70. The van der Waals surface area contributed by atoms with Gasteiger partial charge in [-0.05, 0) is 26.0 Å². The fourth-order valence-electron chi connectivity index (χ4n) is 4.24. The van der Waals surface area contributed by atoms with E-state index in [1.54, 1.807) is 9.80 Å². The van der Waals surface area contributed by atoms with Crippen LogP contribution in [0.2, 0.25) is 0 Å². The highest BCUT2D eigenvalue weighted by atomic mass is 16.6. The Bertz CT molecular complexity index is 844. The first-order valence-electron chi connectivity index (χ1n) is 11.7. The van der Waals surface area contributed by atoms with Gasteiger partial charge in [0.05, 0.1) is 31.0 Å². The summed E-state index contributed by atoms with van der Waals surface area (Å²) >= 11 is 0. The number of nitrogens with zero attached hydrogens (tertiary/aromatic N) is 6. The molecule has 10 heteroatoms. The minimum Gasteiger partial charge on any atom is -0.450 e. The molecule has 4 rings (SSSR count).